The lowest BCUT2D eigenvalue weighted by Crippen LogP contribution is -2.17. The monoisotopic (exact) mass is 269 g/mol. The third-order valence-electron chi connectivity index (χ3n) is 3.78. The third kappa shape index (κ3) is 3.48. The van der Waals surface area contributed by atoms with Crippen LogP contribution in [0.4, 0.5) is 5.82 Å². The molecule has 1 fully saturated rings. The molecule has 0 atom stereocenters. The van der Waals surface area contributed by atoms with E-state index in [9.17, 15) is 4.79 Å². The van der Waals surface area contributed by atoms with E-state index in [4.69, 9.17) is 11.6 Å². The highest BCUT2D eigenvalue weighted by Crippen LogP contribution is 2.30. The lowest BCUT2D eigenvalue weighted by atomic mass is 9.81. The number of nitrogens with zero attached hydrogens (tertiary/aromatic N) is 1. The molecule has 5 heteroatoms. The average Bonchev–Trinajstić information content (AvgIpc) is 2.37. The minimum atomic E-state index is -0.291. The molecule has 0 radical (unpaired) electrons. The van der Waals surface area contributed by atoms with Gasteiger partial charge >= 0.3 is 0 Å². The van der Waals surface area contributed by atoms with Gasteiger partial charge in [-0.3, -0.25) is 4.79 Å². The first-order valence-electron chi connectivity index (χ1n) is 6.64. The summed E-state index contributed by atoms with van der Waals surface area (Å²) in [5, 5.41) is 3.30. The fraction of sp³-hybridized carbons (Fsp3) is 0.692. The van der Waals surface area contributed by atoms with Gasteiger partial charge in [0.15, 0.2) is 5.82 Å². The number of rotatable bonds is 4. The van der Waals surface area contributed by atoms with E-state index in [0.717, 1.165) is 24.8 Å². The topological polar surface area (TPSA) is 57.8 Å². The zero-order valence-electron chi connectivity index (χ0n) is 10.7. The summed E-state index contributed by atoms with van der Waals surface area (Å²) in [5.74, 6) is 2.18. The van der Waals surface area contributed by atoms with E-state index < -0.39 is 0 Å². The molecule has 1 heterocycles. The van der Waals surface area contributed by atoms with E-state index in [-0.39, 0.29) is 10.6 Å². The highest BCUT2D eigenvalue weighted by atomic mass is 35.5. The van der Waals surface area contributed by atoms with Gasteiger partial charge < -0.3 is 10.3 Å². The van der Waals surface area contributed by atoms with Crippen LogP contribution < -0.4 is 10.9 Å². The molecule has 2 N–H and O–H groups in total. The summed E-state index contributed by atoms with van der Waals surface area (Å²) in [6.07, 6.45) is 7.82. The quantitative estimate of drug-likeness (QED) is 0.883. The molecule has 2 rings (SSSR count). The molecule has 0 aliphatic heterocycles. The van der Waals surface area contributed by atoms with Crippen molar-refractivity contribution in [1.82, 2.24) is 9.97 Å². The Bertz CT molecular complexity index is 438. The lowest BCUT2D eigenvalue weighted by Gasteiger charge is -2.26. The Morgan fingerprint density at radius 1 is 1.44 bits per heavy atom. The second kappa shape index (κ2) is 6.23. The fourth-order valence-corrected chi connectivity index (χ4v) is 2.69. The zero-order valence-corrected chi connectivity index (χ0v) is 11.5. The van der Waals surface area contributed by atoms with Crippen molar-refractivity contribution in [3.8, 4) is 0 Å². The van der Waals surface area contributed by atoms with Crippen LogP contribution in [0.2, 0.25) is 5.02 Å². The second-order valence-corrected chi connectivity index (χ2v) is 5.61. The molecular formula is C13H20ClN3O. The fourth-order valence-electron chi connectivity index (χ4n) is 2.52. The molecule has 0 bridgehead atoms. The lowest BCUT2D eigenvalue weighted by molar-refractivity contribution is 0.282. The number of hydrogen-bond donors (Lipinski definition) is 2. The van der Waals surface area contributed by atoms with Crippen molar-refractivity contribution in [3.05, 3.63) is 21.7 Å². The van der Waals surface area contributed by atoms with E-state index in [1.165, 1.54) is 32.0 Å². The van der Waals surface area contributed by atoms with Crippen molar-refractivity contribution in [2.75, 3.05) is 11.9 Å². The largest absolute Gasteiger partial charge is 0.369 e. The van der Waals surface area contributed by atoms with Crippen LogP contribution in [-0.4, -0.2) is 16.5 Å². The Kier molecular flexibility index (Phi) is 4.64. The first kappa shape index (κ1) is 13.4. The molecule has 1 aliphatic carbocycles. The molecule has 0 spiro atoms. The van der Waals surface area contributed by atoms with Gasteiger partial charge in [0.2, 0.25) is 0 Å². The van der Waals surface area contributed by atoms with Gasteiger partial charge in [0.05, 0.1) is 6.33 Å². The summed E-state index contributed by atoms with van der Waals surface area (Å²) in [4.78, 5) is 17.8. The molecule has 1 aromatic rings. The zero-order chi connectivity index (χ0) is 13.0. The van der Waals surface area contributed by atoms with Crippen LogP contribution in [0.5, 0.6) is 0 Å². The predicted molar refractivity (Wildman–Crippen MR) is 74.1 cm³/mol. The summed E-state index contributed by atoms with van der Waals surface area (Å²) in [5.41, 5.74) is -0.291. The molecule has 0 saturated heterocycles. The van der Waals surface area contributed by atoms with Crippen LogP contribution in [-0.2, 0) is 0 Å². The Morgan fingerprint density at radius 3 is 2.89 bits per heavy atom. The van der Waals surface area contributed by atoms with Crippen LogP contribution in [0.15, 0.2) is 11.1 Å². The summed E-state index contributed by atoms with van der Waals surface area (Å²) < 4.78 is 0. The van der Waals surface area contributed by atoms with E-state index >= 15 is 0 Å². The van der Waals surface area contributed by atoms with E-state index in [1.807, 2.05) is 0 Å². The van der Waals surface area contributed by atoms with Crippen LogP contribution in [0.25, 0.3) is 0 Å². The Labute approximate surface area is 112 Å². The number of aromatic nitrogens is 2. The van der Waals surface area contributed by atoms with Gasteiger partial charge in [0.1, 0.15) is 5.02 Å². The van der Waals surface area contributed by atoms with Crippen LogP contribution in [0.3, 0.4) is 0 Å². The maximum Gasteiger partial charge on any atom is 0.271 e. The molecular weight excluding hydrogens is 250 g/mol. The maximum atomic E-state index is 11.3. The van der Waals surface area contributed by atoms with Gasteiger partial charge in [-0.1, -0.05) is 44.2 Å². The molecule has 1 aliphatic rings. The highest BCUT2D eigenvalue weighted by molar-refractivity contribution is 6.32. The number of anilines is 1. The van der Waals surface area contributed by atoms with Gasteiger partial charge in [0, 0.05) is 6.54 Å². The summed E-state index contributed by atoms with van der Waals surface area (Å²) >= 11 is 5.87. The third-order valence-corrected chi connectivity index (χ3v) is 4.13. The Morgan fingerprint density at radius 2 is 2.17 bits per heavy atom. The van der Waals surface area contributed by atoms with E-state index in [1.54, 1.807) is 0 Å². The molecule has 0 amide bonds. The second-order valence-electron chi connectivity index (χ2n) is 5.24. The molecule has 4 nitrogen and oxygen atoms in total. The number of nitrogens with one attached hydrogen (secondary N) is 2. The Balaban J connectivity index is 1.78. The minimum Gasteiger partial charge on any atom is -0.369 e. The van der Waals surface area contributed by atoms with Gasteiger partial charge in [-0.15, -0.1) is 0 Å². The molecule has 1 saturated carbocycles. The summed E-state index contributed by atoms with van der Waals surface area (Å²) in [7, 11) is 0. The van der Waals surface area contributed by atoms with Gasteiger partial charge in [-0.25, -0.2) is 4.98 Å². The van der Waals surface area contributed by atoms with Crippen LogP contribution >= 0.6 is 11.6 Å². The summed E-state index contributed by atoms with van der Waals surface area (Å²) in [6.45, 7) is 3.16. The smallest absolute Gasteiger partial charge is 0.271 e. The highest BCUT2D eigenvalue weighted by Gasteiger charge is 2.17. The molecule has 0 aromatic carbocycles. The van der Waals surface area contributed by atoms with Crippen molar-refractivity contribution < 1.29 is 0 Å². The van der Waals surface area contributed by atoms with Crippen molar-refractivity contribution in [1.29, 1.82) is 0 Å². The maximum absolute atomic E-state index is 11.3. The van der Waals surface area contributed by atoms with Gasteiger partial charge in [-0.05, 0) is 18.3 Å². The molecule has 1 aromatic heterocycles. The molecule has 100 valence electrons. The number of aromatic amines is 1. The number of H-pyrrole nitrogens is 1. The predicted octanol–water partition coefficient (Wildman–Crippen LogP) is 3.05. The van der Waals surface area contributed by atoms with E-state index in [2.05, 4.69) is 22.2 Å². The normalized spacial score (nSPS) is 23.9. The molecule has 0 unspecified atom stereocenters. The van der Waals surface area contributed by atoms with Crippen LogP contribution in [0, 0.1) is 11.8 Å². The average molecular weight is 270 g/mol. The van der Waals surface area contributed by atoms with Crippen LogP contribution in [0.1, 0.15) is 39.0 Å². The number of hydrogen-bond acceptors (Lipinski definition) is 3. The molecule has 18 heavy (non-hydrogen) atoms. The van der Waals surface area contributed by atoms with Crippen molar-refractivity contribution in [2.45, 2.75) is 39.0 Å². The standard InChI is InChI=1S/C13H20ClN3O/c1-9-2-4-10(5-3-9)6-7-15-12-11(14)13(18)17-8-16-12/h8-10H,2-7H2,1H3,(H2,15,16,17,18). The Hall–Kier alpha value is -1.03. The van der Waals surface area contributed by atoms with Gasteiger partial charge in [-0.2, -0.15) is 0 Å². The van der Waals surface area contributed by atoms with Crippen molar-refractivity contribution in [2.24, 2.45) is 11.8 Å². The van der Waals surface area contributed by atoms with Gasteiger partial charge in [0.25, 0.3) is 5.56 Å². The number of halogens is 1. The van der Waals surface area contributed by atoms with E-state index in [0.29, 0.717) is 5.82 Å². The first-order valence-corrected chi connectivity index (χ1v) is 7.01. The van der Waals surface area contributed by atoms with Crippen molar-refractivity contribution in [3.63, 3.8) is 0 Å². The van der Waals surface area contributed by atoms with Crippen molar-refractivity contribution >= 4 is 17.4 Å². The summed E-state index contributed by atoms with van der Waals surface area (Å²) in [6, 6.07) is 0. The minimum absolute atomic E-state index is 0.148. The first-order chi connectivity index (χ1) is 8.66. The SMILES string of the molecule is CC1CCC(CCNc2nc[nH]c(=O)c2Cl)CC1.